The Labute approximate surface area is 102 Å². The van der Waals surface area contributed by atoms with Gasteiger partial charge in [0, 0.05) is 6.54 Å². The van der Waals surface area contributed by atoms with Crippen molar-refractivity contribution in [3.05, 3.63) is 0 Å². The molecule has 0 aromatic carbocycles. The summed E-state index contributed by atoms with van der Waals surface area (Å²) in [4.78, 5) is 11.8. The van der Waals surface area contributed by atoms with Crippen LogP contribution >= 0.6 is 0 Å². The second-order valence-electron chi connectivity index (χ2n) is 5.86. The predicted octanol–water partition coefficient (Wildman–Crippen LogP) is 1.03. The molecular formula is C12H22N2O3. The van der Waals surface area contributed by atoms with E-state index in [1.54, 1.807) is 0 Å². The number of carbonyl (C=O) groups is 1. The van der Waals surface area contributed by atoms with Gasteiger partial charge < -0.3 is 20.1 Å². The molecule has 2 rings (SSSR count). The van der Waals surface area contributed by atoms with Crippen molar-refractivity contribution in [3.8, 4) is 0 Å². The van der Waals surface area contributed by atoms with Gasteiger partial charge in [-0.25, -0.2) is 4.79 Å². The molecule has 5 nitrogen and oxygen atoms in total. The molecule has 2 N–H and O–H groups in total. The van der Waals surface area contributed by atoms with Gasteiger partial charge in [-0.15, -0.1) is 0 Å². The van der Waals surface area contributed by atoms with E-state index in [0.29, 0.717) is 6.61 Å². The van der Waals surface area contributed by atoms with Crippen LogP contribution in [0.5, 0.6) is 0 Å². The number of rotatable bonds is 2. The molecule has 1 aliphatic carbocycles. The fourth-order valence-corrected chi connectivity index (χ4v) is 2.12. The van der Waals surface area contributed by atoms with Crippen LogP contribution in [0.1, 0.15) is 33.6 Å². The normalized spacial score (nSPS) is 27.4. The zero-order valence-electron chi connectivity index (χ0n) is 10.8. The van der Waals surface area contributed by atoms with E-state index in [1.165, 1.54) is 0 Å². The van der Waals surface area contributed by atoms with Crippen molar-refractivity contribution in [1.29, 1.82) is 0 Å². The number of hydrogen-bond donors (Lipinski definition) is 2. The first-order valence-electron chi connectivity index (χ1n) is 6.24. The van der Waals surface area contributed by atoms with Gasteiger partial charge in [0.25, 0.3) is 0 Å². The number of amides is 1. The van der Waals surface area contributed by atoms with Gasteiger partial charge in [-0.3, -0.25) is 0 Å². The highest BCUT2D eigenvalue weighted by molar-refractivity contribution is 5.69. The third-order valence-electron chi connectivity index (χ3n) is 3.13. The Hall–Kier alpha value is -0.810. The molecule has 0 bridgehead atoms. The highest BCUT2D eigenvalue weighted by atomic mass is 16.6. The van der Waals surface area contributed by atoms with Crippen molar-refractivity contribution in [1.82, 2.24) is 10.6 Å². The summed E-state index contributed by atoms with van der Waals surface area (Å²) < 4.78 is 10.7. The first kappa shape index (κ1) is 12.6. The molecule has 0 radical (unpaired) electrons. The van der Waals surface area contributed by atoms with E-state index in [0.717, 1.165) is 26.0 Å². The Balaban J connectivity index is 1.87. The van der Waals surface area contributed by atoms with Crippen LogP contribution in [-0.2, 0) is 9.47 Å². The summed E-state index contributed by atoms with van der Waals surface area (Å²) in [5.74, 6) is 0. The number of hydrogen-bond acceptors (Lipinski definition) is 4. The van der Waals surface area contributed by atoms with E-state index in [4.69, 9.17) is 9.47 Å². The van der Waals surface area contributed by atoms with Crippen molar-refractivity contribution in [2.24, 2.45) is 0 Å². The van der Waals surface area contributed by atoms with Gasteiger partial charge >= 0.3 is 6.09 Å². The molecule has 0 aromatic rings. The Kier molecular flexibility index (Phi) is 3.32. The Bertz CT molecular complexity index is 289. The van der Waals surface area contributed by atoms with Crippen LogP contribution in [0.25, 0.3) is 0 Å². The minimum absolute atomic E-state index is 0.150. The summed E-state index contributed by atoms with van der Waals surface area (Å²) in [6.07, 6.45) is 1.66. The Morgan fingerprint density at radius 1 is 1.47 bits per heavy atom. The van der Waals surface area contributed by atoms with Crippen LogP contribution in [0, 0.1) is 0 Å². The van der Waals surface area contributed by atoms with Gasteiger partial charge in [0.15, 0.2) is 0 Å². The second-order valence-corrected chi connectivity index (χ2v) is 5.86. The lowest BCUT2D eigenvalue weighted by atomic mass is 10.1. The summed E-state index contributed by atoms with van der Waals surface area (Å²) in [6.45, 7) is 7.87. The third kappa shape index (κ3) is 3.33. The lowest BCUT2D eigenvalue weighted by Crippen LogP contribution is -2.57. The highest BCUT2D eigenvalue weighted by Crippen LogP contribution is 2.39. The predicted molar refractivity (Wildman–Crippen MR) is 63.9 cm³/mol. The average Bonchev–Trinajstić information content (AvgIpc) is 2.97. The van der Waals surface area contributed by atoms with Crippen LogP contribution in [0.3, 0.4) is 0 Å². The van der Waals surface area contributed by atoms with E-state index in [1.807, 2.05) is 20.8 Å². The van der Waals surface area contributed by atoms with E-state index in [9.17, 15) is 4.79 Å². The SMILES string of the molecule is CC(C)(C)OC(=O)NC1(C2COCCN2)CC1. The molecule has 5 heteroatoms. The molecule has 0 aromatic heterocycles. The molecule has 2 aliphatic rings. The van der Waals surface area contributed by atoms with Gasteiger partial charge in [-0.2, -0.15) is 0 Å². The lowest BCUT2D eigenvalue weighted by molar-refractivity contribution is 0.0364. The Morgan fingerprint density at radius 2 is 2.18 bits per heavy atom. The maximum absolute atomic E-state index is 11.8. The standard InChI is InChI=1S/C12H22N2O3/c1-11(2,3)17-10(15)14-12(4-5-12)9-8-16-7-6-13-9/h9,13H,4-8H2,1-3H3,(H,14,15). The molecule has 2 fully saturated rings. The molecule has 1 aliphatic heterocycles. The van der Waals surface area contributed by atoms with Gasteiger partial charge in [-0.1, -0.05) is 0 Å². The largest absolute Gasteiger partial charge is 0.444 e. The van der Waals surface area contributed by atoms with Crippen LogP contribution in [-0.4, -0.2) is 43.0 Å². The maximum atomic E-state index is 11.8. The van der Waals surface area contributed by atoms with Crippen molar-refractivity contribution in [2.75, 3.05) is 19.8 Å². The fraction of sp³-hybridized carbons (Fsp3) is 0.917. The third-order valence-corrected chi connectivity index (χ3v) is 3.13. The molecule has 1 amide bonds. The number of carbonyl (C=O) groups excluding carboxylic acids is 1. The van der Waals surface area contributed by atoms with E-state index in [-0.39, 0.29) is 17.7 Å². The average molecular weight is 242 g/mol. The number of alkyl carbamates (subject to hydrolysis) is 1. The molecule has 98 valence electrons. The molecule has 1 saturated carbocycles. The molecule has 1 unspecified atom stereocenters. The summed E-state index contributed by atoms with van der Waals surface area (Å²) in [5.41, 5.74) is -0.598. The van der Waals surface area contributed by atoms with Crippen LogP contribution < -0.4 is 10.6 Å². The van der Waals surface area contributed by atoms with Crippen molar-refractivity contribution in [3.63, 3.8) is 0 Å². The molecule has 1 heterocycles. The number of ether oxygens (including phenoxy) is 2. The van der Waals surface area contributed by atoms with Crippen LogP contribution in [0.15, 0.2) is 0 Å². The number of nitrogens with one attached hydrogen (secondary N) is 2. The van der Waals surface area contributed by atoms with Gasteiger partial charge in [0.2, 0.25) is 0 Å². The minimum atomic E-state index is -0.448. The summed E-state index contributed by atoms with van der Waals surface area (Å²) in [6, 6.07) is 0.212. The first-order chi connectivity index (χ1) is 7.91. The maximum Gasteiger partial charge on any atom is 0.408 e. The van der Waals surface area contributed by atoms with E-state index in [2.05, 4.69) is 10.6 Å². The lowest BCUT2D eigenvalue weighted by Gasteiger charge is -2.32. The highest BCUT2D eigenvalue weighted by Gasteiger charge is 2.51. The van der Waals surface area contributed by atoms with Crippen molar-refractivity contribution in [2.45, 2.75) is 50.8 Å². The number of morpholine rings is 1. The molecular weight excluding hydrogens is 220 g/mol. The monoisotopic (exact) mass is 242 g/mol. The van der Waals surface area contributed by atoms with Crippen LogP contribution in [0.4, 0.5) is 4.79 Å². The molecule has 0 spiro atoms. The topological polar surface area (TPSA) is 59.6 Å². The summed E-state index contributed by atoms with van der Waals surface area (Å²) in [5, 5.41) is 6.38. The quantitative estimate of drug-likeness (QED) is 0.759. The second kappa shape index (κ2) is 4.46. The van der Waals surface area contributed by atoms with Crippen molar-refractivity contribution >= 4 is 6.09 Å². The zero-order chi connectivity index (χ0) is 12.5. The van der Waals surface area contributed by atoms with Gasteiger partial charge in [0.1, 0.15) is 5.60 Å². The Morgan fingerprint density at radius 3 is 2.65 bits per heavy atom. The van der Waals surface area contributed by atoms with Gasteiger partial charge in [0.05, 0.1) is 24.8 Å². The van der Waals surface area contributed by atoms with Crippen molar-refractivity contribution < 1.29 is 14.3 Å². The summed E-state index contributed by atoms with van der Waals surface area (Å²) in [7, 11) is 0. The van der Waals surface area contributed by atoms with Crippen LogP contribution in [0.2, 0.25) is 0 Å². The minimum Gasteiger partial charge on any atom is -0.444 e. The summed E-state index contributed by atoms with van der Waals surface area (Å²) >= 11 is 0. The van der Waals surface area contributed by atoms with E-state index < -0.39 is 5.60 Å². The first-order valence-corrected chi connectivity index (χ1v) is 6.24. The van der Waals surface area contributed by atoms with Gasteiger partial charge in [-0.05, 0) is 33.6 Å². The smallest absolute Gasteiger partial charge is 0.408 e. The van der Waals surface area contributed by atoms with E-state index >= 15 is 0 Å². The molecule has 17 heavy (non-hydrogen) atoms. The molecule has 1 saturated heterocycles. The fourth-order valence-electron chi connectivity index (χ4n) is 2.12. The molecule has 1 atom stereocenters. The zero-order valence-corrected chi connectivity index (χ0v) is 10.8.